The van der Waals surface area contributed by atoms with E-state index in [4.69, 9.17) is 0 Å². The number of hydrogen-bond acceptors (Lipinski definition) is 3. The zero-order chi connectivity index (χ0) is 11.4. The molecule has 0 aromatic carbocycles. The van der Waals surface area contributed by atoms with E-state index in [1.54, 1.807) is 0 Å². The maximum absolute atomic E-state index is 4.31. The molecule has 0 amide bonds. The van der Waals surface area contributed by atoms with Crippen molar-refractivity contribution >= 4 is 0 Å². The Morgan fingerprint density at radius 1 is 1.62 bits per heavy atom. The van der Waals surface area contributed by atoms with Crippen LogP contribution in [0.1, 0.15) is 25.3 Å². The van der Waals surface area contributed by atoms with Gasteiger partial charge in [-0.1, -0.05) is 0 Å². The molecule has 2 heterocycles. The van der Waals surface area contributed by atoms with Gasteiger partial charge in [-0.05, 0) is 33.4 Å². The molecule has 1 aromatic heterocycles. The summed E-state index contributed by atoms with van der Waals surface area (Å²) in [4.78, 5) is 2.43. The van der Waals surface area contributed by atoms with Crippen molar-refractivity contribution in [2.45, 2.75) is 38.9 Å². The SMILES string of the molecule is CCn1cc(CN(C)C2CCCNC2)cn1. The van der Waals surface area contributed by atoms with E-state index in [1.807, 2.05) is 10.9 Å². The molecule has 1 atom stereocenters. The third-order valence-electron chi connectivity index (χ3n) is 3.34. The maximum atomic E-state index is 4.31. The first-order chi connectivity index (χ1) is 7.79. The molecular weight excluding hydrogens is 200 g/mol. The van der Waals surface area contributed by atoms with Gasteiger partial charge in [0.15, 0.2) is 0 Å². The molecule has 1 fully saturated rings. The van der Waals surface area contributed by atoms with Crippen LogP contribution in [0.3, 0.4) is 0 Å². The molecule has 1 aliphatic heterocycles. The Morgan fingerprint density at radius 2 is 2.50 bits per heavy atom. The highest BCUT2D eigenvalue weighted by Crippen LogP contribution is 2.11. The smallest absolute Gasteiger partial charge is 0.0534 e. The van der Waals surface area contributed by atoms with Gasteiger partial charge in [0, 0.05) is 37.4 Å². The molecule has 90 valence electrons. The fourth-order valence-corrected chi connectivity index (χ4v) is 2.29. The average Bonchev–Trinajstić information content (AvgIpc) is 2.78. The van der Waals surface area contributed by atoms with Crippen LogP contribution in [0.25, 0.3) is 0 Å². The molecule has 0 bridgehead atoms. The number of aryl methyl sites for hydroxylation is 1. The van der Waals surface area contributed by atoms with Gasteiger partial charge in [-0.25, -0.2) is 0 Å². The lowest BCUT2D eigenvalue weighted by atomic mass is 10.1. The minimum Gasteiger partial charge on any atom is -0.315 e. The predicted octanol–water partition coefficient (Wildman–Crippen LogP) is 1.09. The predicted molar refractivity (Wildman–Crippen MR) is 65.3 cm³/mol. The van der Waals surface area contributed by atoms with Gasteiger partial charge in [0.2, 0.25) is 0 Å². The molecule has 0 spiro atoms. The minimum atomic E-state index is 0.679. The highest BCUT2D eigenvalue weighted by atomic mass is 15.3. The summed E-state index contributed by atoms with van der Waals surface area (Å²) in [6, 6.07) is 0.679. The minimum absolute atomic E-state index is 0.679. The van der Waals surface area contributed by atoms with Crippen LogP contribution in [-0.4, -0.2) is 40.9 Å². The molecule has 4 nitrogen and oxygen atoms in total. The van der Waals surface area contributed by atoms with Gasteiger partial charge in [0.1, 0.15) is 0 Å². The van der Waals surface area contributed by atoms with Crippen LogP contribution in [0.4, 0.5) is 0 Å². The fraction of sp³-hybridized carbons (Fsp3) is 0.750. The van der Waals surface area contributed by atoms with Gasteiger partial charge in [0.25, 0.3) is 0 Å². The molecule has 4 heteroatoms. The van der Waals surface area contributed by atoms with Crippen LogP contribution in [0.15, 0.2) is 12.4 Å². The summed E-state index contributed by atoms with van der Waals surface area (Å²) in [5, 5.41) is 7.76. The zero-order valence-electron chi connectivity index (χ0n) is 10.3. The summed E-state index contributed by atoms with van der Waals surface area (Å²) in [5.41, 5.74) is 1.31. The number of aromatic nitrogens is 2. The number of rotatable bonds is 4. The van der Waals surface area contributed by atoms with Crippen molar-refractivity contribution in [3.05, 3.63) is 18.0 Å². The number of piperidine rings is 1. The first-order valence-electron chi connectivity index (χ1n) is 6.22. The van der Waals surface area contributed by atoms with Crippen molar-refractivity contribution in [1.29, 1.82) is 0 Å². The summed E-state index contributed by atoms with van der Waals surface area (Å²) in [7, 11) is 2.21. The molecule has 1 aromatic rings. The number of nitrogens with one attached hydrogen (secondary N) is 1. The monoisotopic (exact) mass is 222 g/mol. The van der Waals surface area contributed by atoms with Gasteiger partial charge in [-0.15, -0.1) is 0 Å². The van der Waals surface area contributed by atoms with Gasteiger partial charge >= 0.3 is 0 Å². The summed E-state index contributed by atoms with van der Waals surface area (Å²) in [5.74, 6) is 0. The largest absolute Gasteiger partial charge is 0.315 e. The van der Waals surface area contributed by atoms with E-state index in [1.165, 1.54) is 24.9 Å². The fourth-order valence-electron chi connectivity index (χ4n) is 2.29. The molecule has 1 saturated heterocycles. The topological polar surface area (TPSA) is 33.1 Å². The number of nitrogens with zero attached hydrogens (tertiary/aromatic N) is 3. The normalized spacial score (nSPS) is 21.6. The highest BCUT2D eigenvalue weighted by Gasteiger charge is 2.17. The lowest BCUT2D eigenvalue weighted by molar-refractivity contribution is 0.196. The van der Waals surface area contributed by atoms with Gasteiger partial charge in [-0.2, -0.15) is 5.10 Å². The average molecular weight is 222 g/mol. The number of likely N-dealkylation sites (N-methyl/N-ethyl adjacent to an activating group) is 1. The third kappa shape index (κ3) is 2.83. The molecule has 2 rings (SSSR count). The van der Waals surface area contributed by atoms with Crippen LogP contribution in [-0.2, 0) is 13.1 Å². The molecule has 0 aliphatic carbocycles. The van der Waals surface area contributed by atoms with Crippen molar-refractivity contribution < 1.29 is 0 Å². The van der Waals surface area contributed by atoms with Gasteiger partial charge < -0.3 is 5.32 Å². The van der Waals surface area contributed by atoms with E-state index in [-0.39, 0.29) is 0 Å². The lowest BCUT2D eigenvalue weighted by Crippen LogP contribution is -2.43. The lowest BCUT2D eigenvalue weighted by Gasteiger charge is -2.31. The Morgan fingerprint density at radius 3 is 3.12 bits per heavy atom. The van der Waals surface area contributed by atoms with Gasteiger partial charge in [-0.3, -0.25) is 9.58 Å². The van der Waals surface area contributed by atoms with Crippen LogP contribution in [0.2, 0.25) is 0 Å². The van der Waals surface area contributed by atoms with Crippen molar-refractivity contribution in [3.8, 4) is 0 Å². The van der Waals surface area contributed by atoms with E-state index in [0.717, 1.165) is 19.6 Å². The summed E-state index contributed by atoms with van der Waals surface area (Å²) in [6.45, 7) is 6.38. The Balaban J connectivity index is 1.87. The maximum Gasteiger partial charge on any atom is 0.0534 e. The first-order valence-corrected chi connectivity index (χ1v) is 6.22. The van der Waals surface area contributed by atoms with Gasteiger partial charge in [0.05, 0.1) is 6.20 Å². The second kappa shape index (κ2) is 5.46. The second-order valence-corrected chi connectivity index (χ2v) is 4.62. The van der Waals surface area contributed by atoms with Crippen LogP contribution in [0, 0.1) is 0 Å². The summed E-state index contributed by atoms with van der Waals surface area (Å²) >= 11 is 0. The van der Waals surface area contributed by atoms with E-state index < -0.39 is 0 Å². The molecule has 1 aliphatic rings. The Labute approximate surface area is 97.6 Å². The summed E-state index contributed by atoms with van der Waals surface area (Å²) < 4.78 is 1.99. The molecular formula is C12H22N4. The first kappa shape index (κ1) is 11.6. The van der Waals surface area contributed by atoms with Crippen molar-refractivity contribution in [1.82, 2.24) is 20.0 Å². The molecule has 1 unspecified atom stereocenters. The molecule has 1 N–H and O–H groups in total. The molecule has 0 radical (unpaired) electrons. The van der Waals surface area contributed by atoms with Crippen LogP contribution < -0.4 is 5.32 Å². The van der Waals surface area contributed by atoms with Crippen molar-refractivity contribution in [3.63, 3.8) is 0 Å². The Bertz CT molecular complexity index is 315. The Hall–Kier alpha value is -0.870. The quantitative estimate of drug-likeness (QED) is 0.828. The van der Waals surface area contributed by atoms with Crippen LogP contribution >= 0.6 is 0 Å². The van der Waals surface area contributed by atoms with Crippen molar-refractivity contribution in [2.24, 2.45) is 0 Å². The molecule has 0 saturated carbocycles. The highest BCUT2D eigenvalue weighted by molar-refractivity contribution is 5.03. The third-order valence-corrected chi connectivity index (χ3v) is 3.34. The van der Waals surface area contributed by atoms with Crippen molar-refractivity contribution in [2.75, 3.05) is 20.1 Å². The van der Waals surface area contributed by atoms with Crippen LogP contribution in [0.5, 0.6) is 0 Å². The van der Waals surface area contributed by atoms with E-state index in [0.29, 0.717) is 6.04 Å². The standard InChI is InChI=1S/C12H22N4/c1-3-16-10-11(7-14-16)9-15(2)12-5-4-6-13-8-12/h7,10,12-13H,3-6,8-9H2,1-2H3. The summed E-state index contributed by atoms with van der Waals surface area (Å²) in [6.07, 6.45) is 6.73. The Kier molecular flexibility index (Phi) is 3.96. The zero-order valence-corrected chi connectivity index (χ0v) is 10.3. The second-order valence-electron chi connectivity index (χ2n) is 4.62. The van der Waals surface area contributed by atoms with E-state index in [2.05, 4.69) is 35.5 Å². The van der Waals surface area contributed by atoms with E-state index in [9.17, 15) is 0 Å². The van der Waals surface area contributed by atoms with E-state index >= 15 is 0 Å². The number of hydrogen-bond donors (Lipinski definition) is 1. The molecule has 16 heavy (non-hydrogen) atoms.